The Morgan fingerprint density at radius 3 is 2.79 bits per heavy atom. The lowest BCUT2D eigenvalue weighted by atomic mass is 10.2. The van der Waals surface area contributed by atoms with Gasteiger partial charge in [-0.3, -0.25) is 4.98 Å². The van der Waals surface area contributed by atoms with E-state index in [2.05, 4.69) is 4.98 Å². The zero-order valence-corrected chi connectivity index (χ0v) is 11.8. The van der Waals surface area contributed by atoms with E-state index in [1.165, 1.54) is 12.1 Å². The fourth-order valence-corrected chi connectivity index (χ4v) is 2.02. The molecule has 1 aromatic carbocycles. The second kappa shape index (κ2) is 6.22. The first-order chi connectivity index (χ1) is 9.10. The highest BCUT2D eigenvalue weighted by atomic mass is 35.5. The Morgan fingerprint density at radius 1 is 1.26 bits per heavy atom. The van der Waals surface area contributed by atoms with Crippen LogP contribution in [0.3, 0.4) is 0 Å². The van der Waals surface area contributed by atoms with E-state index >= 15 is 0 Å². The van der Waals surface area contributed by atoms with E-state index in [9.17, 15) is 4.39 Å². The van der Waals surface area contributed by atoms with Gasteiger partial charge in [0.05, 0.1) is 11.6 Å². The van der Waals surface area contributed by atoms with Crippen molar-refractivity contribution in [3.05, 3.63) is 58.1 Å². The van der Waals surface area contributed by atoms with E-state index in [-0.39, 0.29) is 18.3 Å². The summed E-state index contributed by atoms with van der Waals surface area (Å²) in [4.78, 5) is 4.27. The van der Waals surface area contributed by atoms with Gasteiger partial charge in [-0.1, -0.05) is 11.6 Å². The molecule has 1 aromatic heterocycles. The van der Waals surface area contributed by atoms with Crippen LogP contribution in [-0.2, 0) is 12.5 Å². The number of ether oxygens (including phenoxy) is 1. The minimum absolute atomic E-state index is 0.0843. The van der Waals surface area contributed by atoms with Crippen LogP contribution in [0.2, 0.25) is 5.02 Å². The molecular formula is C14H12Cl2FNO. The molecule has 0 aliphatic carbocycles. The molecule has 0 radical (unpaired) electrons. The Hall–Kier alpha value is -1.32. The third kappa shape index (κ3) is 3.58. The van der Waals surface area contributed by atoms with Crippen molar-refractivity contribution in [2.24, 2.45) is 0 Å². The first-order valence-electron chi connectivity index (χ1n) is 5.69. The van der Waals surface area contributed by atoms with E-state index in [1.807, 2.05) is 13.0 Å². The summed E-state index contributed by atoms with van der Waals surface area (Å²) in [6, 6.07) is 7.95. The molecule has 100 valence electrons. The number of rotatable bonds is 4. The lowest BCUT2D eigenvalue weighted by Gasteiger charge is -2.10. The van der Waals surface area contributed by atoms with Crippen molar-refractivity contribution < 1.29 is 9.13 Å². The fourth-order valence-electron chi connectivity index (χ4n) is 1.63. The van der Waals surface area contributed by atoms with Crippen LogP contribution < -0.4 is 4.74 Å². The second-order valence-electron chi connectivity index (χ2n) is 4.06. The van der Waals surface area contributed by atoms with Crippen LogP contribution in [0.1, 0.15) is 17.0 Å². The van der Waals surface area contributed by atoms with Crippen LogP contribution in [-0.4, -0.2) is 4.98 Å². The number of nitrogens with zero attached hydrogens (tertiary/aromatic N) is 1. The number of hydrogen-bond donors (Lipinski definition) is 0. The average molecular weight is 300 g/mol. The quantitative estimate of drug-likeness (QED) is 0.776. The summed E-state index contributed by atoms with van der Waals surface area (Å²) < 4.78 is 19.1. The lowest BCUT2D eigenvalue weighted by molar-refractivity contribution is 0.296. The van der Waals surface area contributed by atoms with Gasteiger partial charge in [-0.15, -0.1) is 11.6 Å². The number of aryl methyl sites for hydroxylation is 1. The SMILES string of the molecule is Cc1ccc(OCc2cc(Cl)ccc2F)c(CCl)n1. The summed E-state index contributed by atoms with van der Waals surface area (Å²) in [6.07, 6.45) is 0. The summed E-state index contributed by atoms with van der Waals surface area (Å²) in [6.45, 7) is 1.96. The smallest absolute Gasteiger partial charge is 0.142 e. The normalized spacial score (nSPS) is 10.5. The molecule has 1 heterocycles. The van der Waals surface area contributed by atoms with Gasteiger partial charge in [-0.2, -0.15) is 0 Å². The van der Waals surface area contributed by atoms with Gasteiger partial charge in [0.15, 0.2) is 0 Å². The first kappa shape index (κ1) is 14.1. The number of hydrogen-bond acceptors (Lipinski definition) is 2. The van der Waals surface area contributed by atoms with Crippen molar-refractivity contribution in [1.82, 2.24) is 4.98 Å². The molecule has 0 aliphatic heterocycles. The predicted octanol–water partition coefficient (Wildman–Crippen LogP) is 4.50. The van der Waals surface area contributed by atoms with Crippen LogP contribution in [0.4, 0.5) is 4.39 Å². The largest absolute Gasteiger partial charge is 0.487 e. The Morgan fingerprint density at radius 2 is 2.05 bits per heavy atom. The van der Waals surface area contributed by atoms with Gasteiger partial charge >= 0.3 is 0 Å². The molecule has 2 nitrogen and oxygen atoms in total. The highest BCUT2D eigenvalue weighted by Gasteiger charge is 2.08. The van der Waals surface area contributed by atoms with Crippen molar-refractivity contribution in [3.8, 4) is 5.75 Å². The van der Waals surface area contributed by atoms with Crippen molar-refractivity contribution in [2.45, 2.75) is 19.4 Å². The van der Waals surface area contributed by atoms with E-state index in [0.29, 0.717) is 22.0 Å². The molecule has 0 bridgehead atoms. The molecule has 0 aliphatic rings. The zero-order valence-electron chi connectivity index (χ0n) is 10.3. The summed E-state index contributed by atoms with van der Waals surface area (Å²) in [5.41, 5.74) is 1.90. The molecule has 0 spiro atoms. The molecule has 2 rings (SSSR count). The highest BCUT2D eigenvalue weighted by molar-refractivity contribution is 6.30. The van der Waals surface area contributed by atoms with E-state index in [1.54, 1.807) is 12.1 Å². The molecule has 0 amide bonds. The Bertz CT molecular complexity index is 590. The molecule has 0 N–H and O–H groups in total. The minimum Gasteiger partial charge on any atom is -0.487 e. The van der Waals surface area contributed by atoms with E-state index < -0.39 is 0 Å². The Balaban J connectivity index is 2.16. The van der Waals surface area contributed by atoms with E-state index in [4.69, 9.17) is 27.9 Å². The van der Waals surface area contributed by atoms with Crippen LogP contribution in [0.15, 0.2) is 30.3 Å². The molecule has 0 unspecified atom stereocenters. The Labute approximate surface area is 121 Å². The van der Waals surface area contributed by atoms with Crippen molar-refractivity contribution in [2.75, 3.05) is 0 Å². The summed E-state index contributed by atoms with van der Waals surface area (Å²) in [7, 11) is 0. The van der Waals surface area contributed by atoms with Gasteiger partial charge in [0.1, 0.15) is 18.2 Å². The van der Waals surface area contributed by atoms with Crippen molar-refractivity contribution in [3.63, 3.8) is 0 Å². The molecular weight excluding hydrogens is 288 g/mol. The zero-order chi connectivity index (χ0) is 13.8. The molecule has 0 saturated heterocycles. The first-order valence-corrected chi connectivity index (χ1v) is 6.60. The number of aromatic nitrogens is 1. The molecule has 19 heavy (non-hydrogen) atoms. The maximum Gasteiger partial charge on any atom is 0.142 e. The van der Waals surface area contributed by atoms with Gasteiger partial charge < -0.3 is 4.74 Å². The third-order valence-corrected chi connectivity index (χ3v) is 3.08. The number of pyridine rings is 1. The predicted molar refractivity (Wildman–Crippen MR) is 74.3 cm³/mol. The number of benzene rings is 1. The van der Waals surface area contributed by atoms with Crippen LogP contribution >= 0.6 is 23.2 Å². The second-order valence-corrected chi connectivity index (χ2v) is 4.76. The third-order valence-electron chi connectivity index (χ3n) is 2.59. The number of halogens is 3. The standard InChI is InChI=1S/C14H12Cl2FNO/c1-9-2-5-14(13(7-15)18-9)19-8-10-6-11(16)3-4-12(10)17/h2-6H,7-8H2,1H3. The van der Waals surface area contributed by atoms with Gasteiger partial charge in [0.2, 0.25) is 0 Å². The van der Waals surface area contributed by atoms with Crippen LogP contribution in [0, 0.1) is 12.7 Å². The molecule has 0 saturated carbocycles. The summed E-state index contributed by atoms with van der Waals surface area (Å²) >= 11 is 11.6. The number of alkyl halides is 1. The van der Waals surface area contributed by atoms with Crippen LogP contribution in [0.5, 0.6) is 5.75 Å². The maximum absolute atomic E-state index is 13.5. The van der Waals surface area contributed by atoms with Gasteiger partial charge in [-0.05, 0) is 37.3 Å². The van der Waals surface area contributed by atoms with Gasteiger partial charge in [0, 0.05) is 16.3 Å². The van der Waals surface area contributed by atoms with Crippen molar-refractivity contribution >= 4 is 23.2 Å². The van der Waals surface area contributed by atoms with Gasteiger partial charge in [-0.25, -0.2) is 4.39 Å². The highest BCUT2D eigenvalue weighted by Crippen LogP contribution is 2.22. The summed E-state index contributed by atoms with van der Waals surface area (Å²) in [5, 5.41) is 0.472. The summed E-state index contributed by atoms with van der Waals surface area (Å²) in [5.74, 6) is 0.451. The lowest BCUT2D eigenvalue weighted by Crippen LogP contribution is -2.02. The fraction of sp³-hybridized carbons (Fsp3) is 0.214. The molecule has 5 heteroatoms. The monoisotopic (exact) mass is 299 g/mol. The average Bonchev–Trinajstić information content (AvgIpc) is 2.40. The molecule has 2 aromatic rings. The minimum atomic E-state index is -0.350. The molecule has 0 fully saturated rings. The van der Waals surface area contributed by atoms with Crippen LogP contribution in [0.25, 0.3) is 0 Å². The van der Waals surface area contributed by atoms with Gasteiger partial charge in [0.25, 0.3) is 0 Å². The Kier molecular flexibility index (Phi) is 4.61. The topological polar surface area (TPSA) is 22.1 Å². The van der Waals surface area contributed by atoms with E-state index in [0.717, 1.165) is 5.69 Å². The molecule has 0 atom stereocenters. The maximum atomic E-state index is 13.5. The van der Waals surface area contributed by atoms with Crippen molar-refractivity contribution in [1.29, 1.82) is 0 Å².